The standard InChI is InChI=1S/C30H37N3O5S/c1-5-23(2)31-30(35)24(3)32(20-25-12-8-6-9-13-25)29(34)21-33(39(4,36)37)27-16-18-28(19-17-27)38-22-26-14-10-7-11-15-26/h6-19,23-24H,5,20-22H2,1-4H3,(H,31,35)/t23-,24+/m0/s1. The summed E-state index contributed by atoms with van der Waals surface area (Å²) in [5.74, 6) is -0.205. The van der Waals surface area contributed by atoms with Gasteiger partial charge in [-0.05, 0) is 55.7 Å². The maximum Gasteiger partial charge on any atom is 0.244 e. The van der Waals surface area contributed by atoms with E-state index in [-0.39, 0.29) is 18.5 Å². The number of anilines is 1. The van der Waals surface area contributed by atoms with Crippen molar-refractivity contribution in [1.82, 2.24) is 10.2 Å². The summed E-state index contributed by atoms with van der Waals surface area (Å²) in [5.41, 5.74) is 2.17. The number of carbonyl (C=O) groups excluding carboxylic acids is 2. The van der Waals surface area contributed by atoms with Gasteiger partial charge in [-0.3, -0.25) is 13.9 Å². The molecule has 208 valence electrons. The number of hydrogen-bond donors (Lipinski definition) is 1. The number of rotatable bonds is 13. The third-order valence-electron chi connectivity index (χ3n) is 6.42. The molecule has 0 unspecified atom stereocenters. The van der Waals surface area contributed by atoms with Crippen molar-refractivity contribution in [2.24, 2.45) is 0 Å². The number of amides is 2. The molecule has 0 aliphatic carbocycles. The molecule has 0 aromatic heterocycles. The first-order valence-corrected chi connectivity index (χ1v) is 14.8. The van der Waals surface area contributed by atoms with Gasteiger partial charge in [-0.2, -0.15) is 0 Å². The highest BCUT2D eigenvalue weighted by Crippen LogP contribution is 2.23. The van der Waals surface area contributed by atoms with Gasteiger partial charge in [0.15, 0.2) is 0 Å². The van der Waals surface area contributed by atoms with E-state index in [4.69, 9.17) is 4.74 Å². The lowest BCUT2D eigenvalue weighted by Gasteiger charge is -2.32. The Morgan fingerprint density at radius 1 is 0.872 bits per heavy atom. The normalized spacial score (nSPS) is 12.7. The van der Waals surface area contributed by atoms with Crippen LogP contribution in [0.4, 0.5) is 5.69 Å². The smallest absolute Gasteiger partial charge is 0.244 e. The van der Waals surface area contributed by atoms with E-state index in [1.165, 1.54) is 4.90 Å². The van der Waals surface area contributed by atoms with Crippen molar-refractivity contribution in [3.05, 3.63) is 96.1 Å². The summed E-state index contributed by atoms with van der Waals surface area (Å²) in [5, 5.41) is 2.92. The molecule has 0 aliphatic heterocycles. The van der Waals surface area contributed by atoms with E-state index in [2.05, 4.69) is 5.32 Å². The molecule has 0 saturated heterocycles. The molecule has 1 N–H and O–H groups in total. The molecule has 3 aromatic rings. The van der Waals surface area contributed by atoms with Crippen molar-refractivity contribution in [2.45, 2.75) is 52.4 Å². The zero-order valence-electron chi connectivity index (χ0n) is 22.9. The minimum atomic E-state index is -3.81. The zero-order chi connectivity index (χ0) is 28.4. The summed E-state index contributed by atoms with van der Waals surface area (Å²) >= 11 is 0. The maximum absolute atomic E-state index is 13.6. The Kier molecular flexibility index (Phi) is 10.5. The number of carbonyl (C=O) groups is 2. The molecule has 9 heteroatoms. The molecule has 2 amide bonds. The molecular weight excluding hydrogens is 514 g/mol. The quantitative estimate of drug-likeness (QED) is 0.341. The topological polar surface area (TPSA) is 96.0 Å². The second kappa shape index (κ2) is 13.8. The van der Waals surface area contributed by atoms with Crippen LogP contribution in [0.5, 0.6) is 5.75 Å². The summed E-state index contributed by atoms with van der Waals surface area (Å²) in [6, 6.07) is 24.7. The second-order valence-corrected chi connectivity index (χ2v) is 11.4. The van der Waals surface area contributed by atoms with Crippen molar-refractivity contribution in [3.63, 3.8) is 0 Å². The molecule has 0 heterocycles. The molecule has 0 fully saturated rings. The maximum atomic E-state index is 13.6. The molecular formula is C30H37N3O5S. The number of sulfonamides is 1. The SMILES string of the molecule is CC[C@H](C)NC(=O)[C@@H](C)N(Cc1ccccc1)C(=O)CN(c1ccc(OCc2ccccc2)cc1)S(C)(=O)=O. The van der Waals surface area contributed by atoms with Gasteiger partial charge < -0.3 is 15.0 Å². The van der Waals surface area contributed by atoms with Crippen molar-refractivity contribution in [3.8, 4) is 5.75 Å². The number of ether oxygens (including phenoxy) is 1. The Labute approximate surface area is 231 Å². The van der Waals surface area contributed by atoms with Gasteiger partial charge in [-0.25, -0.2) is 8.42 Å². The fraction of sp³-hybridized carbons (Fsp3) is 0.333. The molecule has 0 saturated carbocycles. The molecule has 8 nitrogen and oxygen atoms in total. The molecule has 3 aromatic carbocycles. The molecule has 0 spiro atoms. The van der Waals surface area contributed by atoms with Crippen LogP contribution in [-0.2, 0) is 32.8 Å². The average Bonchev–Trinajstić information content (AvgIpc) is 2.93. The summed E-state index contributed by atoms with van der Waals surface area (Å²) in [6.07, 6.45) is 1.80. The summed E-state index contributed by atoms with van der Waals surface area (Å²) in [4.78, 5) is 28.0. The van der Waals surface area contributed by atoms with Gasteiger partial charge in [0.2, 0.25) is 21.8 Å². The molecule has 2 atom stereocenters. The van der Waals surface area contributed by atoms with Crippen LogP contribution in [0.15, 0.2) is 84.9 Å². The van der Waals surface area contributed by atoms with E-state index in [9.17, 15) is 18.0 Å². The Morgan fingerprint density at radius 3 is 1.97 bits per heavy atom. The van der Waals surface area contributed by atoms with Crippen molar-refractivity contribution >= 4 is 27.5 Å². The third kappa shape index (κ3) is 8.85. The molecule has 0 aliphatic rings. The predicted molar refractivity (Wildman–Crippen MR) is 154 cm³/mol. The van der Waals surface area contributed by atoms with Crippen LogP contribution < -0.4 is 14.4 Å². The first kappa shape index (κ1) is 29.7. The van der Waals surface area contributed by atoms with Crippen LogP contribution >= 0.6 is 0 Å². The number of benzene rings is 3. The Morgan fingerprint density at radius 2 is 1.44 bits per heavy atom. The summed E-state index contributed by atoms with van der Waals surface area (Å²) in [6.45, 7) is 5.61. The Hall–Kier alpha value is -3.85. The van der Waals surface area contributed by atoms with Crippen LogP contribution in [0, 0.1) is 0 Å². The minimum Gasteiger partial charge on any atom is -0.489 e. The van der Waals surface area contributed by atoms with E-state index in [1.54, 1.807) is 31.2 Å². The van der Waals surface area contributed by atoms with Crippen LogP contribution in [0.3, 0.4) is 0 Å². The van der Waals surface area contributed by atoms with Crippen LogP contribution in [0.1, 0.15) is 38.3 Å². The largest absolute Gasteiger partial charge is 0.489 e. The third-order valence-corrected chi connectivity index (χ3v) is 7.56. The van der Waals surface area contributed by atoms with Crippen molar-refractivity contribution in [1.29, 1.82) is 0 Å². The summed E-state index contributed by atoms with van der Waals surface area (Å²) < 4.78 is 32.4. The first-order valence-electron chi connectivity index (χ1n) is 13.0. The fourth-order valence-electron chi connectivity index (χ4n) is 3.89. The van der Waals surface area contributed by atoms with Crippen LogP contribution in [-0.4, -0.2) is 50.0 Å². The van der Waals surface area contributed by atoms with E-state index in [0.717, 1.165) is 28.1 Å². The predicted octanol–water partition coefficient (Wildman–Crippen LogP) is 4.36. The van der Waals surface area contributed by atoms with Gasteiger partial charge in [0.05, 0.1) is 11.9 Å². The second-order valence-electron chi connectivity index (χ2n) is 9.54. The lowest BCUT2D eigenvalue weighted by atomic mass is 10.1. The highest BCUT2D eigenvalue weighted by Gasteiger charge is 2.30. The van der Waals surface area contributed by atoms with E-state index in [0.29, 0.717) is 18.0 Å². The van der Waals surface area contributed by atoms with Gasteiger partial charge in [0, 0.05) is 12.6 Å². The molecule has 0 bridgehead atoms. The van der Waals surface area contributed by atoms with E-state index in [1.807, 2.05) is 74.5 Å². The molecule has 3 rings (SSSR count). The van der Waals surface area contributed by atoms with Gasteiger partial charge in [-0.15, -0.1) is 0 Å². The van der Waals surface area contributed by atoms with Gasteiger partial charge >= 0.3 is 0 Å². The van der Waals surface area contributed by atoms with Crippen LogP contribution in [0.25, 0.3) is 0 Å². The monoisotopic (exact) mass is 551 g/mol. The molecule has 0 radical (unpaired) electrons. The van der Waals surface area contributed by atoms with Crippen LogP contribution in [0.2, 0.25) is 0 Å². The highest BCUT2D eigenvalue weighted by atomic mass is 32.2. The number of nitrogens with zero attached hydrogens (tertiary/aromatic N) is 2. The minimum absolute atomic E-state index is 0.0521. The highest BCUT2D eigenvalue weighted by molar-refractivity contribution is 7.92. The van der Waals surface area contributed by atoms with Crippen molar-refractivity contribution in [2.75, 3.05) is 17.1 Å². The van der Waals surface area contributed by atoms with Gasteiger partial charge in [-0.1, -0.05) is 67.6 Å². The van der Waals surface area contributed by atoms with Gasteiger partial charge in [0.1, 0.15) is 24.9 Å². The molecule has 39 heavy (non-hydrogen) atoms. The zero-order valence-corrected chi connectivity index (χ0v) is 23.7. The average molecular weight is 552 g/mol. The Balaban J connectivity index is 1.80. The lowest BCUT2D eigenvalue weighted by molar-refractivity contribution is -0.139. The number of hydrogen-bond acceptors (Lipinski definition) is 5. The van der Waals surface area contributed by atoms with E-state index < -0.39 is 28.5 Å². The van der Waals surface area contributed by atoms with Gasteiger partial charge in [0.25, 0.3) is 0 Å². The van der Waals surface area contributed by atoms with Crippen molar-refractivity contribution < 1.29 is 22.7 Å². The number of nitrogens with one attached hydrogen (secondary N) is 1. The summed E-state index contributed by atoms with van der Waals surface area (Å²) in [7, 11) is -3.81. The van der Waals surface area contributed by atoms with E-state index >= 15 is 0 Å². The fourth-order valence-corrected chi connectivity index (χ4v) is 4.74. The lowest BCUT2D eigenvalue weighted by Crippen LogP contribution is -2.52. The Bertz CT molecular complexity index is 1320. The first-order chi connectivity index (χ1) is 18.6.